The Morgan fingerprint density at radius 3 is 2.43 bits per heavy atom. The molecule has 1 aliphatic carbocycles. The molecule has 0 radical (unpaired) electrons. The molecule has 2 fully saturated rings. The average molecular weight is 380 g/mol. The van der Waals surface area contributed by atoms with Crippen molar-refractivity contribution in [3.8, 4) is 0 Å². The van der Waals surface area contributed by atoms with Crippen molar-refractivity contribution in [3.05, 3.63) is 65.5 Å². The van der Waals surface area contributed by atoms with E-state index in [1.165, 1.54) is 5.56 Å². The Bertz CT molecular complexity index is 779. The highest BCUT2D eigenvalue weighted by Crippen LogP contribution is 2.29. The van der Waals surface area contributed by atoms with Crippen molar-refractivity contribution in [1.29, 1.82) is 0 Å². The number of rotatable bonds is 6. The van der Waals surface area contributed by atoms with Crippen LogP contribution in [0.4, 0.5) is 0 Å². The molecule has 5 nitrogen and oxygen atoms in total. The van der Waals surface area contributed by atoms with Crippen molar-refractivity contribution in [2.75, 3.05) is 13.1 Å². The molecule has 1 aromatic heterocycles. The van der Waals surface area contributed by atoms with E-state index in [2.05, 4.69) is 35.9 Å². The smallest absolute Gasteiger partial charge is 0.254 e. The van der Waals surface area contributed by atoms with Gasteiger partial charge < -0.3 is 9.64 Å². The molecule has 2 aliphatic rings. The summed E-state index contributed by atoms with van der Waals surface area (Å²) in [6, 6.07) is 14.3. The number of amides is 1. The number of nitrogens with zero attached hydrogens (tertiary/aromatic N) is 3. The lowest BCUT2D eigenvalue weighted by Crippen LogP contribution is -2.44. The maximum atomic E-state index is 13.1. The molecule has 5 heteroatoms. The highest BCUT2D eigenvalue weighted by atomic mass is 16.5. The Hall–Kier alpha value is -2.24. The Labute approximate surface area is 167 Å². The molecule has 148 valence electrons. The number of pyridine rings is 1. The summed E-state index contributed by atoms with van der Waals surface area (Å²) >= 11 is 0. The number of carbonyl (C=O) groups is 1. The first-order valence-corrected chi connectivity index (χ1v) is 10.3. The van der Waals surface area contributed by atoms with Gasteiger partial charge in [0.1, 0.15) is 0 Å². The molecule has 2 atom stereocenters. The van der Waals surface area contributed by atoms with E-state index in [1.807, 2.05) is 35.2 Å². The first kappa shape index (κ1) is 19.1. The van der Waals surface area contributed by atoms with Crippen LogP contribution in [0.5, 0.6) is 0 Å². The summed E-state index contributed by atoms with van der Waals surface area (Å²) in [6.45, 7) is 7.62. The zero-order valence-corrected chi connectivity index (χ0v) is 16.8. The molecule has 2 unspecified atom stereocenters. The van der Waals surface area contributed by atoms with E-state index in [4.69, 9.17) is 4.74 Å². The Morgan fingerprint density at radius 1 is 1.11 bits per heavy atom. The number of morpholine rings is 1. The third-order valence-electron chi connectivity index (χ3n) is 5.41. The second-order valence-electron chi connectivity index (χ2n) is 8.13. The molecule has 0 spiro atoms. The SMILES string of the molecule is CC1CN(Cc2ccc(C(=O)N(Cc3ccccn3)C3CC3)cc2)CC(C)O1. The minimum Gasteiger partial charge on any atom is -0.373 e. The maximum absolute atomic E-state index is 13.1. The quantitative estimate of drug-likeness (QED) is 0.771. The molecule has 1 amide bonds. The van der Waals surface area contributed by atoms with Crippen LogP contribution < -0.4 is 0 Å². The van der Waals surface area contributed by atoms with Crippen molar-refractivity contribution in [3.63, 3.8) is 0 Å². The van der Waals surface area contributed by atoms with Crippen molar-refractivity contribution in [1.82, 2.24) is 14.8 Å². The van der Waals surface area contributed by atoms with E-state index >= 15 is 0 Å². The predicted molar refractivity (Wildman–Crippen MR) is 109 cm³/mol. The molecular weight excluding hydrogens is 350 g/mol. The van der Waals surface area contributed by atoms with Crippen LogP contribution in [0.1, 0.15) is 48.3 Å². The van der Waals surface area contributed by atoms with Crippen LogP contribution in [0.25, 0.3) is 0 Å². The van der Waals surface area contributed by atoms with Crippen molar-refractivity contribution >= 4 is 5.91 Å². The summed E-state index contributed by atoms with van der Waals surface area (Å²) < 4.78 is 5.81. The van der Waals surface area contributed by atoms with Gasteiger partial charge in [-0.2, -0.15) is 0 Å². The molecule has 2 aromatic rings. The largest absolute Gasteiger partial charge is 0.373 e. The third kappa shape index (κ3) is 4.78. The summed E-state index contributed by atoms with van der Waals surface area (Å²) in [4.78, 5) is 21.9. The van der Waals surface area contributed by atoms with Gasteiger partial charge >= 0.3 is 0 Å². The molecule has 1 saturated heterocycles. The standard InChI is InChI=1S/C23H29N3O2/c1-17-13-25(14-18(2)28-17)15-19-6-8-20(9-7-19)23(27)26(22-10-11-22)16-21-5-3-4-12-24-21/h3-9,12,17-18,22H,10-11,13-16H2,1-2H3. The second kappa shape index (κ2) is 8.41. The van der Waals surface area contributed by atoms with Crippen molar-refractivity contribution in [2.45, 2.75) is 58.0 Å². The van der Waals surface area contributed by atoms with Crippen LogP contribution in [-0.2, 0) is 17.8 Å². The first-order chi connectivity index (χ1) is 13.6. The zero-order chi connectivity index (χ0) is 19.5. The van der Waals surface area contributed by atoms with E-state index in [0.29, 0.717) is 12.6 Å². The number of hydrogen-bond donors (Lipinski definition) is 0. The Kier molecular flexibility index (Phi) is 5.74. The van der Waals surface area contributed by atoms with Crippen molar-refractivity contribution in [2.24, 2.45) is 0 Å². The minimum absolute atomic E-state index is 0.105. The van der Waals surface area contributed by atoms with Crippen LogP contribution in [0.2, 0.25) is 0 Å². The van der Waals surface area contributed by atoms with Crippen LogP contribution >= 0.6 is 0 Å². The third-order valence-corrected chi connectivity index (χ3v) is 5.41. The number of aromatic nitrogens is 1. The van der Waals surface area contributed by atoms with Gasteiger partial charge in [-0.1, -0.05) is 18.2 Å². The maximum Gasteiger partial charge on any atom is 0.254 e. The topological polar surface area (TPSA) is 45.7 Å². The highest BCUT2D eigenvalue weighted by molar-refractivity contribution is 5.94. The van der Waals surface area contributed by atoms with Crippen LogP contribution in [-0.4, -0.2) is 52.0 Å². The molecule has 2 heterocycles. The average Bonchev–Trinajstić information content (AvgIpc) is 3.51. The minimum atomic E-state index is 0.105. The number of hydrogen-bond acceptors (Lipinski definition) is 4. The van der Waals surface area contributed by atoms with E-state index in [0.717, 1.165) is 43.7 Å². The fourth-order valence-corrected chi connectivity index (χ4v) is 4.01. The van der Waals surface area contributed by atoms with Crippen LogP contribution in [0, 0.1) is 0 Å². The summed E-state index contributed by atoms with van der Waals surface area (Å²) in [5.74, 6) is 0.105. The highest BCUT2D eigenvalue weighted by Gasteiger charge is 2.33. The lowest BCUT2D eigenvalue weighted by molar-refractivity contribution is -0.0704. The Morgan fingerprint density at radius 2 is 1.82 bits per heavy atom. The fourth-order valence-electron chi connectivity index (χ4n) is 4.01. The normalized spacial score (nSPS) is 22.8. The number of carbonyl (C=O) groups excluding carboxylic acids is 1. The predicted octanol–water partition coefficient (Wildman–Crippen LogP) is 3.50. The van der Waals surface area contributed by atoms with Crippen LogP contribution in [0.15, 0.2) is 48.7 Å². The van der Waals surface area contributed by atoms with E-state index in [9.17, 15) is 4.79 Å². The first-order valence-electron chi connectivity index (χ1n) is 10.3. The molecule has 1 saturated carbocycles. The molecule has 28 heavy (non-hydrogen) atoms. The summed E-state index contributed by atoms with van der Waals surface area (Å²) in [5, 5.41) is 0. The van der Waals surface area contributed by atoms with Gasteiger partial charge in [0.2, 0.25) is 0 Å². The molecule has 0 bridgehead atoms. The number of benzene rings is 1. The molecule has 1 aromatic carbocycles. The fraction of sp³-hybridized carbons (Fsp3) is 0.478. The van der Waals surface area contributed by atoms with Gasteiger partial charge in [0, 0.05) is 37.4 Å². The molecule has 4 rings (SSSR count). The molecule has 0 N–H and O–H groups in total. The second-order valence-corrected chi connectivity index (χ2v) is 8.13. The lowest BCUT2D eigenvalue weighted by atomic mass is 10.1. The van der Waals surface area contributed by atoms with Gasteiger partial charge in [0.25, 0.3) is 5.91 Å². The van der Waals surface area contributed by atoms with Gasteiger partial charge in [0.05, 0.1) is 24.4 Å². The molecular formula is C23H29N3O2. The van der Waals surface area contributed by atoms with Gasteiger partial charge in [-0.05, 0) is 56.5 Å². The zero-order valence-electron chi connectivity index (χ0n) is 16.8. The van der Waals surface area contributed by atoms with Gasteiger partial charge in [-0.3, -0.25) is 14.7 Å². The summed E-state index contributed by atoms with van der Waals surface area (Å²) in [7, 11) is 0. The van der Waals surface area contributed by atoms with Gasteiger partial charge in [-0.25, -0.2) is 0 Å². The lowest BCUT2D eigenvalue weighted by Gasteiger charge is -2.35. The van der Waals surface area contributed by atoms with Gasteiger partial charge in [-0.15, -0.1) is 0 Å². The van der Waals surface area contributed by atoms with E-state index in [-0.39, 0.29) is 18.1 Å². The van der Waals surface area contributed by atoms with Crippen molar-refractivity contribution < 1.29 is 9.53 Å². The monoisotopic (exact) mass is 379 g/mol. The summed E-state index contributed by atoms with van der Waals surface area (Å²) in [5.41, 5.74) is 2.94. The molecule has 1 aliphatic heterocycles. The van der Waals surface area contributed by atoms with Crippen LogP contribution in [0.3, 0.4) is 0 Å². The van der Waals surface area contributed by atoms with E-state index in [1.54, 1.807) is 6.20 Å². The van der Waals surface area contributed by atoms with E-state index < -0.39 is 0 Å². The Balaban J connectivity index is 1.41. The van der Waals surface area contributed by atoms with Gasteiger partial charge in [0.15, 0.2) is 0 Å². The number of ether oxygens (including phenoxy) is 1. The summed E-state index contributed by atoms with van der Waals surface area (Å²) in [6.07, 6.45) is 4.49.